The van der Waals surface area contributed by atoms with Crippen molar-refractivity contribution in [1.29, 1.82) is 5.26 Å². The molecule has 6 nitrogen and oxygen atoms in total. The highest BCUT2D eigenvalue weighted by Gasteiger charge is 2.32. The van der Waals surface area contributed by atoms with Crippen molar-refractivity contribution in [2.75, 3.05) is 13.7 Å². The van der Waals surface area contributed by atoms with Crippen LogP contribution in [-0.4, -0.2) is 25.5 Å². The van der Waals surface area contributed by atoms with E-state index in [1.807, 2.05) is 6.07 Å². The van der Waals surface area contributed by atoms with Crippen LogP contribution in [0.2, 0.25) is 0 Å². The number of rotatable bonds is 7. The molecule has 2 rings (SSSR count). The molecule has 0 unspecified atom stereocenters. The number of esters is 1. The van der Waals surface area contributed by atoms with Crippen molar-refractivity contribution in [1.82, 2.24) is 5.32 Å². The number of nitrogens with one attached hydrogen (secondary N) is 1. The Kier molecular flexibility index (Phi) is 5.74. The molecule has 1 aromatic carbocycles. The van der Waals surface area contributed by atoms with Gasteiger partial charge in [0, 0.05) is 6.54 Å². The van der Waals surface area contributed by atoms with Gasteiger partial charge in [0.25, 0.3) is 5.91 Å². The molecule has 0 aliphatic heterocycles. The lowest BCUT2D eigenvalue weighted by atomic mass is 10.1. The lowest BCUT2D eigenvalue weighted by molar-refractivity contribution is -0.135. The SMILES string of the molecule is C=CCNC(=O)C(C#N)=Cc1ccc(OC(=O)C2CC2)c(OC)c1. The number of methoxy groups -OCH3 is 1. The molecule has 0 atom stereocenters. The van der Waals surface area contributed by atoms with E-state index < -0.39 is 5.91 Å². The summed E-state index contributed by atoms with van der Waals surface area (Å²) in [5.41, 5.74) is 0.546. The number of nitrogens with zero attached hydrogens (tertiary/aromatic N) is 1. The van der Waals surface area contributed by atoms with Crippen molar-refractivity contribution in [3.8, 4) is 17.6 Å². The van der Waals surface area contributed by atoms with Gasteiger partial charge in [-0.3, -0.25) is 9.59 Å². The van der Waals surface area contributed by atoms with E-state index in [9.17, 15) is 9.59 Å². The van der Waals surface area contributed by atoms with Gasteiger partial charge in [-0.15, -0.1) is 6.58 Å². The minimum atomic E-state index is -0.486. The summed E-state index contributed by atoms with van der Waals surface area (Å²) in [5, 5.41) is 11.7. The molecule has 1 saturated carbocycles. The third kappa shape index (κ3) is 4.46. The van der Waals surface area contributed by atoms with Crippen LogP contribution in [0.5, 0.6) is 11.5 Å². The van der Waals surface area contributed by atoms with E-state index in [0.717, 1.165) is 12.8 Å². The zero-order chi connectivity index (χ0) is 17.5. The van der Waals surface area contributed by atoms with Crippen LogP contribution < -0.4 is 14.8 Å². The van der Waals surface area contributed by atoms with Crippen molar-refractivity contribution >= 4 is 18.0 Å². The Morgan fingerprint density at radius 3 is 2.75 bits per heavy atom. The number of hydrogen-bond acceptors (Lipinski definition) is 5. The summed E-state index contributed by atoms with van der Waals surface area (Å²) in [6.45, 7) is 3.77. The molecule has 6 heteroatoms. The first-order valence-corrected chi connectivity index (χ1v) is 7.49. The number of ether oxygens (including phenoxy) is 2. The highest BCUT2D eigenvalue weighted by atomic mass is 16.6. The summed E-state index contributed by atoms with van der Waals surface area (Å²) in [5.74, 6) is -0.0885. The number of nitriles is 1. The standard InChI is InChI=1S/C18H18N2O4/c1-3-8-20-17(21)14(11-19)9-12-4-7-15(16(10-12)23-2)24-18(22)13-5-6-13/h3-4,7,9-10,13H,1,5-6,8H2,2H3,(H,20,21). The van der Waals surface area contributed by atoms with Crippen molar-refractivity contribution < 1.29 is 19.1 Å². The first-order chi connectivity index (χ1) is 11.6. The molecule has 0 aromatic heterocycles. The van der Waals surface area contributed by atoms with Gasteiger partial charge in [0.05, 0.1) is 13.0 Å². The minimum Gasteiger partial charge on any atom is -0.493 e. The van der Waals surface area contributed by atoms with Gasteiger partial charge in [0.1, 0.15) is 11.6 Å². The van der Waals surface area contributed by atoms with Crippen LogP contribution in [0.4, 0.5) is 0 Å². The number of carbonyl (C=O) groups excluding carboxylic acids is 2. The lowest BCUT2D eigenvalue weighted by Gasteiger charge is -2.10. The fraction of sp³-hybridized carbons (Fsp3) is 0.278. The van der Waals surface area contributed by atoms with Crippen molar-refractivity contribution in [3.63, 3.8) is 0 Å². The molecule has 1 fully saturated rings. The van der Waals surface area contributed by atoms with Crippen LogP contribution in [0.1, 0.15) is 18.4 Å². The summed E-state index contributed by atoms with van der Waals surface area (Å²) < 4.78 is 10.5. The lowest BCUT2D eigenvalue weighted by Crippen LogP contribution is -2.24. The molecule has 0 saturated heterocycles. The second-order valence-electron chi connectivity index (χ2n) is 5.27. The van der Waals surface area contributed by atoms with Crippen LogP contribution >= 0.6 is 0 Å². The van der Waals surface area contributed by atoms with Crippen LogP contribution in [0.3, 0.4) is 0 Å². The van der Waals surface area contributed by atoms with Gasteiger partial charge in [-0.2, -0.15) is 5.26 Å². The zero-order valence-corrected chi connectivity index (χ0v) is 13.4. The van der Waals surface area contributed by atoms with Crippen LogP contribution in [0, 0.1) is 17.2 Å². The van der Waals surface area contributed by atoms with E-state index in [1.165, 1.54) is 19.3 Å². The Morgan fingerprint density at radius 2 is 2.17 bits per heavy atom. The largest absolute Gasteiger partial charge is 0.493 e. The van der Waals surface area contributed by atoms with E-state index >= 15 is 0 Å². The average molecular weight is 326 g/mol. The summed E-state index contributed by atoms with van der Waals surface area (Å²) in [6, 6.07) is 6.69. The molecule has 1 N–H and O–H groups in total. The monoisotopic (exact) mass is 326 g/mol. The highest BCUT2D eigenvalue weighted by molar-refractivity contribution is 6.01. The third-order valence-corrected chi connectivity index (χ3v) is 3.39. The molecule has 0 spiro atoms. The van der Waals surface area contributed by atoms with Crippen LogP contribution in [0.25, 0.3) is 6.08 Å². The summed E-state index contributed by atoms with van der Waals surface area (Å²) >= 11 is 0. The van der Waals surface area contributed by atoms with Crippen LogP contribution in [-0.2, 0) is 9.59 Å². The fourth-order valence-electron chi connectivity index (χ4n) is 1.94. The normalized spacial score (nSPS) is 13.6. The second kappa shape index (κ2) is 7.97. The third-order valence-electron chi connectivity index (χ3n) is 3.39. The van der Waals surface area contributed by atoms with E-state index in [1.54, 1.807) is 18.2 Å². The molecule has 1 aliphatic carbocycles. The van der Waals surface area contributed by atoms with E-state index in [2.05, 4.69) is 11.9 Å². The molecule has 1 aromatic rings. The van der Waals surface area contributed by atoms with Gasteiger partial charge in [-0.05, 0) is 36.6 Å². The van der Waals surface area contributed by atoms with Gasteiger partial charge in [0.2, 0.25) is 0 Å². The Hall–Kier alpha value is -3.07. The van der Waals surface area contributed by atoms with E-state index in [-0.39, 0.29) is 24.0 Å². The molecule has 124 valence electrons. The Balaban J connectivity index is 2.19. The van der Waals surface area contributed by atoms with E-state index in [4.69, 9.17) is 14.7 Å². The predicted octanol–water partition coefficient (Wildman–Crippen LogP) is 2.22. The second-order valence-corrected chi connectivity index (χ2v) is 5.27. The van der Waals surface area contributed by atoms with Gasteiger partial charge < -0.3 is 14.8 Å². The Morgan fingerprint density at radius 1 is 1.42 bits per heavy atom. The zero-order valence-electron chi connectivity index (χ0n) is 13.4. The molecular formula is C18H18N2O4. The Bertz CT molecular complexity index is 727. The molecule has 0 heterocycles. The van der Waals surface area contributed by atoms with Gasteiger partial charge in [-0.1, -0.05) is 12.1 Å². The molecule has 1 aliphatic rings. The maximum atomic E-state index is 11.8. The maximum Gasteiger partial charge on any atom is 0.314 e. The fourth-order valence-corrected chi connectivity index (χ4v) is 1.94. The van der Waals surface area contributed by atoms with Crippen LogP contribution in [0.15, 0.2) is 36.4 Å². The molecule has 0 bridgehead atoms. The Labute approximate surface area is 140 Å². The average Bonchev–Trinajstić information content (AvgIpc) is 3.43. The number of benzene rings is 1. The maximum absolute atomic E-state index is 11.8. The molecule has 1 amide bonds. The summed E-state index contributed by atoms with van der Waals surface area (Å²) in [6.07, 6.45) is 4.67. The number of hydrogen-bond donors (Lipinski definition) is 1. The summed E-state index contributed by atoms with van der Waals surface area (Å²) in [7, 11) is 1.46. The summed E-state index contributed by atoms with van der Waals surface area (Å²) in [4.78, 5) is 23.6. The smallest absolute Gasteiger partial charge is 0.314 e. The highest BCUT2D eigenvalue weighted by Crippen LogP contribution is 2.34. The minimum absolute atomic E-state index is 0.0203. The van der Waals surface area contributed by atoms with Crippen molar-refractivity contribution in [3.05, 3.63) is 42.0 Å². The molecule has 24 heavy (non-hydrogen) atoms. The topological polar surface area (TPSA) is 88.4 Å². The van der Waals surface area contributed by atoms with Gasteiger partial charge in [-0.25, -0.2) is 0 Å². The number of carbonyl (C=O) groups is 2. The quantitative estimate of drug-likeness (QED) is 0.273. The molecular weight excluding hydrogens is 308 g/mol. The van der Waals surface area contributed by atoms with Crippen molar-refractivity contribution in [2.45, 2.75) is 12.8 Å². The number of amides is 1. The van der Waals surface area contributed by atoms with Gasteiger partial charge >= 0.3 is 5.97 Å². The van der Waals surface area contributed by atoms with Crippen molar-refractivity contribution in [2.24, 2.45) is 5.92 Å². The first kappa shape index (κ1) is 17.3. The van der Waals surface area contributed by atoms with E-state index in [0.29, 0.717) is 17.1 Å². The molecule has 0 radical (unpaired) electrons. The predicted molar refractivity (Wildman–Crippen MR) is 88.1 cm³/mol. The van der Waals surface area contributed by atoms with Gasteiger partial charge in [0.15, 0.2) is 11.5 Å². The first-order valence-electron chi connectivity index (χ1n) is 7.49.